The van der Waals surface area contributed by atoms with Crippen LogP contribution in [0.15, 0.2) is 54.6 Å². The Morgan fingerprint density at radius 1 is 1.00 bits per heavy atom. The van der Waals surface area contributed by atoms with E-state index in [2.05, 4.69) is 5.32 Å². The zero-order valence-corrected chi connectivity index (χ0v) is 19.8. The lowest BCUT2D eigenvalue weighted by molar-refractivity contribution is -0.125. The van der Waals surface area contributed by atoms with Crippen LogP contribution in [0.2, 0.25) is 0 Å². The average Bonchev–Trinajstić information content (AvgIpc) is 2.83. The van der Waals surface area contributed by atoms with Crippen molar-refractivity contribution in [3.8, 4) is 17.2 Å². The van der Waals surface area contributed by atoms with E-state index < -0.39 is 6.04 Å². The quantitative estimate of drug-likeness (QED) is 0.709. The fourth-order valence-corrected chi connectivity index (χ4v) is 3.74. The Bertz CT molecular complexity index is 1020. The highest BCUT2D eigenvalue weighted by molar-refractivity contribution is 5.99. The summed E-state index contributed by atoms with van der Waals surface area (Å²) in [6.45, 7) is 3.68. The van der Waals surface area contributed by atoms with Crippen molar-refractivity contribution < 1.29 is 23.8 Å². The minimum absolute atomic E-state index is 0.121. The third kappa shape index (κ3) is 5.66. The molecule has 2 amide bonds. The van der Waals surface area contributed by atoms with Crippen LogP contribution in [0.4, 0.5) is 0 Å². The van der Waals surface area contributed by atoms with Gasteiger partial charge < -0.3 is 24.4 Å². The van der Waals surface area contributed by atoms with Gasteiger partial charge >= 0.3 is 0 Å². The van der Waals surface area contributed by atoms with Crippen LogP contribution in [0.1, 0.15) is 48.7 Å². The number of methoxy groups -OCH3 is 2. The van der Waals surface area contributed by atoms with Crippen LogP contribution in [0.3, 0.4) is 0 Å². The van der Waals surface area contributed by atoms with E-state index in [-0.39, 0.29) is 24.0 Å². The number of nitrogens with one attached hydrogen (secondary N) is 1. The van der Waals surface area contributed by atoms with Crippen molar-refractivity contribution in [2.75, 3.05) is 21.3 Å². The van der Waals surface area contributed by atoms with Crippen molar-refractivity contribution in [2.24, 2.45) is 0 Å². The lowest BCUT2D eigenvalue weighted by Gasteiger charge is -2.28. The summed E-state index contributed by atoms with van der Waals surface area (Å²) in [6, 6.07) is 11.6. The van der Waals surface area contributed by atoms with Crippen molar-refractivity contribution in [3.63, 3.8) is 0 Å². The minimum Gasteiger partial charge on any atom is -0.497 e. The SMILES string of the molecule is COc1ccc([C@H]2C/C=C/C[C@H](C)Oc3ccccc3C(=O)N(C)[C@H](C)C(=O)N2)c(OC)c1. The Hall–Kier alpha value is -3.48. The molecule has 3 atom stereocenters. The summed E-state index contributed by atoms with van der Waals surface area (Å²) in [6.07, 6.45) is 5.17. The van der Waals surface area contributed by atoms with E-state index in [9.17, 15) is 9.59 Å². The van der Waals surface area contributed by atoms with Crippen molar-refractivity contribution in [1.29, 1.82) is 0 Å². The number of amides is 2. The average molecular weight is 453 g/mol. The summed E-state index contributed by atoms with van der Waals surface area (Å²) in [5.74, 6) is 1.27. The highest BCUT2D eigenvalue weighted by Crippen LogP contribution is 2.32. The molecule has 176 valence electrons. The van der Waals surface area contributed by atoms with Crippen LogP contribution in [0, 0.1) is 0 Å². The summed E-state index contributed by atoms with van der Waals surface area (Å²) in [7, 11) is 4.81. The molecule has 0 spiro atoms. The second-order valence-electron chi connectivity index (χ2n) is 8.13. The van der Waals surface area contributed by atoms with Crippen LogP contribution in [-0.2, 0) is 4.79 Å². The number of benzene rings is 2. The molecule has 0 bridgehead atoms. The highest BCUT2D eigenvalue weighted by atomic mass is 16.5. The summed E-state index contributed by atoms with van der Waals surface area (Å²) >= 11 is 0. The number of nitrogens with zero attached hydrogens (tertiary/aromatic N) is 1. The Kier molecular flexibility index (Phi) is 7.98. The molecule has 0 fully saturated rings. The predicted octanol–water partition coefficient (Wildman–Crippen LogP) is 4.14. The monoisotopic (exact) mass is 452 g/mol. The molecule has 7 nitrogen and oxygen atoms in total. The van der Waals surface area contributed by atoms with Crippen molar-refractivity contribution >= 4 is 11.8 Å². The summed E-state index contributed by atoms with van der Waals surface area (Å²) in [4.78, 5) is 27.8. The maximum Gasteiger partial charge on any atom is 0.258 e. The van der Waals surface area contributed by atoms with Gasteiger partial charge in [0, 0.05) is 25.1 Å². The Morgan fingerprint density at radius 2 is 1.73 bits per heavy atom. The van der Waals surface area contributed by atoms with E-state index in [0.29, 0.717) is 35.7 Å². The number of carbonyl (C=O) groups is 2. The fourth-order valence-electron chi connectivity index (χ4n) is 3.74. The molecule has 0 saturated carbocycles. The number of ether oxygens (including phenoxy) is 3. The third-order valence-corrected chi connectivity index (χ3v) is 5.87. The molecule has 1 aliphatic rings. The van der Waals surface area contributed by atoms with Gasteiger partial charge in [0.15, 0.2) is 0 Å². The highest BCUT2D eigenvalue weighted by Gasteiger charge is 2.28. The first-order valence-electron chi connectivity index (χ1n) is 11.1. The molecule has 0 aromatic heterocycles. The molecule has 3 rings (SSSR count). The van der Waals surface area contributed by atoms with E-state index in [1.807, 2.05) is 37.3 Å². The van der Waals surface area contributed by atoms with Gasteiger partial charge in [-0.05, 0) is 44.5 Å². The summed E-state index contributed by atoms with van der Waals surface area (Å²) < 4.78 is 16.9. The normalized spacial score (nSPS) is 22.9. The van der Waals surface area contributed by atoms with Gasteiger partial charge in [-0.2, -0.15) is 0 Å². The van der Waals surface area contributed by atoms with E-state index in [0.717, 1.165) is 5.56 Å². The van der Waals surface area contributed by atoms with Crippen LogP contribution < -0.4 is 19.5 Å². The fraction of sp³-hybridized carbons (Fsp3) is 0.385. The van der Waals surface area contributed by atoms with Crippen molar-refractivity contribution in [1.82, 2.24) is 10.2 Å². The van der Waals surface area contributed by atoms with Gasteiger partial charge in [0.05, 0.1) is 31.9 Å². The number of hydrogen-bond donors (Lipinski definition) is 1. The molecule has 7 heteroatoms. The minimum atomic E-state index is -0.693. The van der Waals surface area contributed by atoms with E-state index in [4.69, 9.17) is 14.2 Å². The first-order valence-corrected chi connectivity index (χ1v) is 11.1. The molecule has 1 aliphatic heterocycles. The molecule has 33 heavy (non-hydrogen) atoms. The summed E-state index contributed by atoms with van der Waals surface area (Å²) in [5, 5.41) is 3.10. The molecule has 1 N–H and O–H groups in total. The van der Waals surface area contributed by atoms with Gasteiger partial charge in [-0.25, -0.2) is 0 Å². The van der Waals surface area contributed by atoms with Gasteiger partial charge in [0.25, 0.3) is 5.91 Å². The number of carbonyl (C=O) groups excluding carboxylic acids is 2. The van der Waals surface area contributed by atoms with E-state index in [1.54, 1.807) is 52.5 Å². The smallest absolute Gasteiger partial charge is 0.258 e. The molecule has 1 heterocycles. The van der Waals surface area contributed by atoms with Crippen LogP contribution in [-0.4, -0.2) is 50.1 Å². The lowest BCUT2D eigenvalue weighted by atomic mass is 10.0. The van der Waals surface area contributed by atoms with Gasteiger partial charge in [-0.15, -0.1) is 0 Å². The Labute approximate surface area is 195 Å². The Balaban J connectivity index is 1.96. The second-order valence-corrected chi connectivity index (χ2v) is 8.13. The van der Waals surface area contributed by atoms with Crippen LogP contribution in [0.5, 0.6) is 17.2 Å². The number of hydrogen-bond acceptors (Lipinski definition) is 5. The second kappa shape index (κ2) is 10.9. The largest absolute Gasteiger partial charge is 0.497 e. The number of fused-ring (bicyclic) bond motifs is 1. The zero-order valence-electron chi connectivity index (χ0n) is 19.8. The van der Waals surface area contributed by atoms with E-state index >= 15 is 0 Å². The third-order valence-electron chi connectivity index (χ3n) is 5.87. The predicted molar refractivity (Wildman–Crippen MR) is 127 cm³/mol. The first kappa shape index (κ1) is 24.2. The molecular formula is C26H32N2O5. The summed E-state index contributed by atoms with van der Waals surface area (Å²) in [5.41, 5.74) is 1.26. The molecule has 2 aromatic carbocycles. The topological polar surface area (TPSA) is 77.1 Å². The lowest BCUT2D eigenvalue weighted by Crippen LogP contribution is -2.47. The molecule has 0 aliphatic carbocycles. The van der Waals surface area contributed by atoms with Crippen LogP contribution in [0.25, 0.3) is 0 Å². The first-order chi connectivity index (χ1) is 15.8. The Morgan fingerprint density at radius 3 is 2.45 bits per heavy atom. The van der Waals surface area contributed by atoms with Crippen molar-refractivity contribution in [3.05, 3.63) is 65.7 Å². The van der Waals surface area contributed by atoms with Crippen molar-refractivity contribution in [2.45, 2.75) is 44.9 Å². The number of rotatable bonds is 3. The molecule has 0 unspecified atom stereocenters. The maximum atomic E-state index is 13.2. The number of para-hydroxylation sites is 1. The van der Waals surface area contributed by atoms with E-state index in [1.165, 1.54) is 4.90 Å². The zero-order chi connectivity index (χ0) is 24.0. The molecule has 0 radical (unpaired) electrons. The molecular weight excluding hydrogens is 420 g/mol. The standard InChI is InChI=1S/C26H32N2O5/c1-17-10-6-8-12-22(20-15-14-19(31-4)16-24(20)32-5)27-25(29)18(2)28(3)26(30)21-11-7-9-13-23(21)33-17/h6-9,11,13-18,22H,10,12H2,1-5H3,(H,27,29)/b8-6+/t17-,18+,22+/m0/s1. The van der Waals surface area contributed by atoms with Gasteiger partial charge in [-0.3, -0.25) is 9.59 Å². The van der Waals surface area contributed by atoms with Gasteiger partial charge in [0.1, 0.15) is 23.3 Å². The maximum absolute atomic E-state index is 13.2. The molecule has 0 saturated heterocycles. The number of likely N-dealkylation sites (N-methyl/N-ethyl adjacent to an activating group) is 1. The van der Waals surface area contributed by atoms with Crippen LogP contribution >= 0.6 is 0 Å². The molecule has 2 aromatic rings. The van der Waals surface area contributed by atoms with Gasteiger partial charge in [-0.1, -0.05) is 24.3 Å². The van der Waals surface area contributed by atoms with Gasteiger partial charge in [0.2, 0.25) is 5.91 Å².